The Hall–Kier alpha value is -2.67. The number of halogens is 5. The zero-order chi connectivity index (χ0) is 82.5. The van der Waals surface area contributed by atoms with Gasteiger partial charge in [0.1, 0.15) is 29.4 Å². The summed E-state index contributed by atoms with van der Waals surface area (Å²) < 4.78 is 126. The molecule has 5 aromatic rings. The number of amidine groups is 1. The van der Waals surface area contributed by atoms with Gasteiger partial charge in [-0.2, -0.15) is 18.6 Å². The molecule has 10 aliphatic rings. The third kappa shape index (κ3) is 27.4. The molecule has 650 valence electrons. The average molecular weight is 2060 g/mol. The van der Waals surface area contributed by atoms with Crippen molar-refractivity contribution in [1.82, 2.24) is 34.3 Å². The van der Waals surface area contributed by atoms with Gasteiger partial charge in [-0.25, -0.2) is 13.2 Å². The van der Waals surface area contributed by atoms with Gasteiger partial charge < -0.3 is 84.4 Å². The first-order valence-electron chi connectivity index (χ1n) is 37.6. The number of benzene rings is 3. The third-order valence-corrected chi connectivity index (χ3v) is 23.9. The number of hydrogen-bond acceptors (Lipinski definition) is 24. The van der Waals surface area contributed by atoms with E-state index < -0.39 is 48.3 Å². The summed E-state index contributed by atoms with van der Waals surface area (Å²) in [5.74, 6) is 0.874. The van der Waals surface area contributed by atoms with Crippen LogP contribution in [-0.2, 0) is 106 Å². The molecular weight excluding hydrogens is 1940 g/mol. The van der Waals surface area contributed by atoms with Crippen LogP contribution >= 0.6 is 31.9 Å². The number of carbonyl (C=O) groups is 4. The average Bonchev–Trinajstić information content (AvgIpc) is 1.59. The van der Waals surface area contributed by atoms with Crippen molar-refractivity contribution in [2.45, 2.75) is 237 Å². The SMILES string of the molecule is C.C.C.C.CC(=O)N1CCC2=C(C1)C(Nc1ccc(Br)cc1F)=NC2.CC(=O)N1CCc2c(c(Nc3ccc(B4OC(C)(C)C(C)(C)O4)cc3F)nn2C2CCOC2)C1.CC(=O)N1CCc2c(c(Nc3ccc(Br)cc3F)nn2C2CCOC2)C1.CC1(C)OB(B2OC(C)(C)C(C)(C)O2)OC1(C)C.CS(=O)(=O)OC1CCOC1.O=CO[O-].[Cs+].[Cs+].[H-]. The third-order valence-electron chi connectivity index (χ3n) is 22.3. The first-order chi connectivity index (χ1) is 53.0. The predicted molar refractivity (Wildman–Crippen MR) is 452 cm³/mol. The van der Waals surface area contributed by atoms with Crippen molar-refractivity contribution in [2.75, 3.05) is 94.6 Å². The van der Waals surface area contributed by atoms with Gasteiger partial charge in [-0.1, -0.05) is 67.6 Å². The minimum absolute atomic E-state index is 0. The number of rotatable bonds is 12. The van der Waals surface area contributed by atoms with Crippen molar-refractivity contribution in [3.63, 3.8) is 0 Å². The summed E-state index contributed by atoms with van der Waals surface area (Å²) in [5, 5.41) is 27.3. The van der Waals surface area contributed by atoms with Crippen LogP contribution in [0.25, 0.3) is 0 Å². The van der Waals surface area contributed by atoms with Gasteiger partial charge in [0.25, 0.3) is 16.6 Å². The van der Waals surface area contributed by atoms with Gasteiger partial charge >= 0.3 is 159 Å². The Balaban J connectivity index is 0.000000392. The second-order valence-corrected chi connectivity index (χ2v) is 35.4. The van der Waals surface area contributed by atoms with Gasteiger partial charge in [0, 0.05) is 123 Å². The molecule has 0 spiro atoms. The van der Waals surface area contributed by atoms with E-state index in [0.717, 1.165) is 73.2 Å². The largest absolute Gasteiger partial charge is 1.00 e. The number of anilines is 5. The second-order valence-electron chi connectivity index (χ2n) is 32.0. The fourth-order valence-corrected chi connectivity index (χ4v) is 15.0. The molecular formula is C79H119B3Br2Cs2F3N11O18S. The van der Waals surface area contributed by atoms with Crippen molar-refractivity contribution < 1.29 is 236 Å². The molecule has 12 heterocycles. The summed E-state index contributed by atoms with van der Waals surface area (Å²) in [5.41, 5.74) is 5.62. The van der Waals surface area contributed by atoms with Gasteiger partial charge in [-0.15, -0.1) is 0 Å². The van der Waals surface area contributed by atoms with Crippen LogP contribution in [0, 0.1) is 17.5 Å². The molecule has 3 aromatic carbocycles. The zero-order valence-corrected chi connectivity index (χ0v) is 85.4. The molecule has 6 fully saturated rings. The summed E-state index contributed by atoms with van der Waals surface area (Å²) >= 11 is 6.51. The van der Waals surface area contributed by atoms with Gasteiger partial charge in [0.2, 0.25) is 17.7 Å². The molecule has 29 nitrogen and oxygen atoms in total. The van der Waals surface area contributed by atoms with E-state index in [1.54, 1.807) is 65.8 Å². The monoisotopic (exact) mass is 2060 g/mol. The molecule has 3 atom stereocenters. The van der Waals surface area contributed by atoms with Crippen molar-refractivity contribution in [3.05, 3.63) is 115 Å². The number of aliphatic imine (C=N–C) groups is 1. The quantitative estimate of drug-likeness (QED) is 0.0401. The zero-order valence-electron chi connectivity index (χ0n) is 69.9. The molecule has 3 unspecified atom stereocenters. The van der Waals surface area contributed by atoms with Gasteiger partial charge in [-0.05, 0) is 162 Å². The van der Waals surface area contributed by atoms with E-state index in [0.29, 0.717) is 134 Å². The van der Waals surface area contributed by atoms with Crippen molar-refractivity contribution in [1.29, 1.82) is 0 Å². The van der Waals surface area contributed by atoms with Crippen LogP contribution in [0.3, 0.4) is 0 Å². The molecule has 15 rings (SSSR count). The molecule has 2 aromatic heterocycles. The van der Waals surface area contributed by atoms with Crippen LogP contribution in [-0.4, -0.2) is 212 Å². The number of nitrogens with zero attached hydrogens (tertiary/aromatic N) is 8. The van der Waals surface area contributed by atoms with Crippen LogP contribution in [0.1, 0.15) is 195 Å². The summed E-state index contributed by atoms with van der Waals surface area (Å²) in [6.07, 6.45) is 5.56. The Morgan fingerprint density at radius 2 is 0.933 bits per heavy atom. The van der Waals surface area contributed by atoms with Crippen molar-refractivity contribution in [2.24, 2.45) is 4.99 Å². The number of amides is 3. The Morgan fingerprint density at radius 3 is 1.29 bits per heavy atom. The number of carbonyl (C=O) groups excluding carboxylic acids is 4. The van der Waals surface area contributed by atoms with Crippen LogP contribution in [0.5, 0.6) is 0 Å². The minimum Gasteiger partial charge on any atom is -1.00 e. The van der Waals surface area contributed by atoms with E-state index in [2.05, 4.69) is 61.9 Å². The van der Waals surface area contributed by atoms with Crippen LogP contribution in [0.4, 0.5) is 41.9 Å². The summed E-state index contributed by atoms with van der Waals surface area (Å²) in [6, 6.07) is 15.0. The van der Waals surface area contributed by atoms with E-state index in [9.17, 15) is 31.6 Å². The molecule has 0 radical (unpaired) electrons. The Kier molecular flexibility index (Phi) is 41.9. The topological polar surface area (TPSA) is 321 Å². The van der Waals surface area contributed by atoms with E-state index in [1.165, 1.54) is 23.8 Å². The first-order valence-corrected chi connectivity index (χ1v) is 41.0. The molecule has 119 heavy (non-hydrogen) atoms. The molecule has 0 bridgehead atoms. The number of hydrogen-bond donors (Lipinski definition) is 3. The Labute approximate surface area is 838 Å². The minimum atomic E-state index is -3.29. The summed E-state index contributed by atoms with van der Waals surface area (Å²) in [7, 11) is -4.87. The standard InChI is InChI=1S/C24H32BFN4O4.C18H20BrFN4O2.C15H15BrFN3O.C12H24B2O4.C5H10O4S.CH2O3.4CH4.2Cs.H/c1-15(31)29-10-8-21-18(13-29)22(28-30(21)17-9-11-32-14-17)27-20-7-6-16(12-19(20)26)25-33-23(2,3)24(4,5)34-25;1-11(25)23-6-4-17-14(9-23)18(22-24(17)13-5-7-26-10-13)21-16-3-2-12(19)8-15(16)20;1-9(21)20-5-4-10-7-18-15(12(10)8-20)19-14-3-2-11(16)6-13(14)17;1-9(2)10(3,4)16-13(15-9)14-17-11(5,6)12(7,8)18-14;1-10(6,7)9-5-2-3-8-4-5;2-1-4-3;;;;;;;/h6-7,12,17H,8-11,13-14H2,1-5H3,(H,27,28);2-3,8,13H,4-7,9-10H2,1H3,(H,21,22);2-3,6H,4-5,7-8H2,1H3,(H,18,19);1-8H3;5H,2-4H2,1H3;1,3H;4*1H4;;;/q;;;;;;;;;;2*+1;-1/p-1. The maximum atomic E-state index is 15.2. The maximum Gasteiger partial charge on any atom is 1.00 e. The summed E-state index contributed by atoms with van der Waals surface area (Å²) in [6.45, 7) is 36.5. The van der Waals surface area contributed by atoms with Crippen molar-refractivity contribution >= 4 is 127 Å². The van der Waals surface area contributed by atoms with Gasteiger partial charge in [0.15, 0.2) is 11.6 Å². The second kappa shape index (κ2) is 45.8. The number of ether oxygens (including phenoxy) is 3. The molecule has 0 aliphatic carbocycles. The van der Waals surface area contributed by atoms with E-state index in [4.69, 9.17) is 62.4 Å². The van der Waals surface area contributed by atoms with Crippen LogP contribution in [0.2, 0.25) is 0 Å². The Morgan fingerprint density at radius 1 is 0.563 bits per heavy atom. The molecule has 0 saturated carbocycles. The normalized spacial score (nSPS) is 21.3. The predicted octanol–water partition coefficient (Wildman–Crippen LogP) is 6.39. The van der Waals surface area contributed by atoms with Crippen LogP contribution in [0.15, 0.2) is 79.7 Å². The number of nitrogens with one attached hydrogen (secondary N) is 3. The molecule has 3 amide bonds. The Bertz CT molecular complexity index is 4400. The van der Waals surface area contributed by atoms with E-state index in [1.807, 2.05) is 98.5 Å². The fourth-order valence-electron chi connectivity index (χ4n) is 13.7. The smallest absolute Gasteiger partial charge is 1.00 e. The first kappa shape index (κ1) is 109. The number of aromatic nitrogens is 4. The van der Waals surface area contributed by atoms with Gasteiger partial charge in [0.05, 0.1) is 108 Å². The molecule has 6 saturated heterocycles. The van der Waals surface area contributed by atoms with Gasteiger partial charge in [-0.3, -0.25) is 37.7 Å². The molecule has 10 aliphatic heterocycles. The van der Waals surface area contributed by atoms with E-state index >= 15 is 4.39 Å². The molecule has 40 heteroatoms. The summed E-state index contributed by atoms with van der Waals surface area (Å²) in [4.78, 5) is 56.4. The van der Waals surface area contributed by atoms with Crippen molar-refractivity contribution in [3.8, 4) is 0 Å². The maximum absolute atomic E-state index is 15.2. The fraction of sp³-hybridized carbons (Fsp3) is 0.608. The van der Waals surface area contributed by atoms with E-state index in [-0.39, 0.29) is 245 Å². The van der Waals surface area contributed by atoms with Crippen LogP contribution < -0.4 is 164 Å². The number of fused-ring (bicyclic) bond motifs is 2. The molecule has 3 N–H and O–H groups in total.